The van der Waals surface area contributed by atoms with Crippen LogP contribution in [0.3, 0.4) is 0 Å². The van der Waals surface area contributed by atoms with E-state index in [-0.39, 0.29) is 26.0 Å². The molecule has 0 saturated heterocycles. The van der Waals surface area contributed by atoms with E-state index in [2.05, 4.69) is 10.4 Å². The Kier molecular flexibility index (Phi) is 5.72. The van der Waals surface area contributed by atoms with E-state index in [9.17, 15) is 18.0 Å². The molecular formula is C14H15Cl2N3O4S2. The van der Waals surface area contributed by atoms with Gasteiger partial charge in [-0.05, 0) is 25.1 Å². The van der Waals surface area contributed by atoms with Crippen LogP contribution in [0.4, 0.5) is 0 Å². The molecule has 1 atom stereocenters. The van der Waals surface area contributed by atoms with Crippen molar-refractivity contribution in [1.82, 2.24) is 10.3 Å². The lowest BCUT2D eigenvalue weighted by molar-refractivity contribution is -0.131. The van der Waals surface area contributed by atoms with E-state index in [1.165, 1.54) is 32.0 Å². The van der Waals surface area contributed by atoms with E-state index in [0.29, 0.717) is 0 Å². The number of hydrazone groups is 1. The number of hydrogen-bond donors (Lipinski definition) is 1. The minimum Gasteiger partial charge on any atom is -0.304 e. The average molecular weight is 424 g/mol. The lowest BCUT2D eigenvalue weighted by Crippen LogP contribution is -2.45. The molecular weight excluding hydrogens is 409 g/mol. The number of carbonyl (C=O) groups is 2. The third kappa shape index (κ3) is 4.46. The maximum absolute atomic E-state index is 12.8. The molecule has 0 aliphatic carbocycles. The van der Waals surface area contributed by atoms with Gasteiger partial charge in [0.1, 0.15) is 4.87 Å². The average Bonchev–Trinajstić information content (AvgIpc) is 2.76. The van der Waals surface area contributed by atoms with Gasteiger partial charge in [-0.3, -0.25) is 9.59 Å². The van der Waals surface area contributed by atoms with Crippen molar-refractivity contribution in [2.45, 2.75) is 30.5 Å². The molecule has 0 radical (unpaired) electrons. The van der Waals surface area contributed by atoms with Crippen molar-refractivity contribution >= 4 is 61.8 Å². The molecule has 136 valence electrons. The minimum atomic E-state index is -3.80. The van der Waals surface area contributed by atoms with Gasteiger partial charge in [-0.25, -0.2) is 13.4 Å². The SMILES string of the molecule is CC(=O)NC1=NN(C(C)=O)[C@](C)(CS(=O)(=O)c2ccc(Cl)c(Cl)c2)S1. The number of nitrogens with zero attached hydrogens (tertiary/aromatic N) is 2. The Morgan fingerprint density at radius 1 is 1.28 bits per heavy atom. The summed E-state index contributed by atoms with van der Waals surface area (Å²) in [6.45, 7) is 4.13. The van der Waals surface area contributed by atoms with Crippen molar-refractivity contribution in [3.8, 4) is 0 Å². The second-order valence-corrected chi connectivity index (χ2v) is 9.80. The van der Waals surface area contributed by atoms with Crippen molar-refractivity contribution in [1.29, 1.82) is 0 Å². The van der Waals surface area contributed by atoms with E-state index in [4.69, 9.17) is 23.2 Å². The molecule has 2 amide bonds. The summed E-state index contributed by atoms with van der Waals surface area (Å²) in [4.78, 5) is 21.9. The van der Waals surface area contributed by atoms with E-state index in [1.54, 1.807) is 6.92 Å². The van der Waals surface area contributed by atoms with Gasteiger partial charge in [0.05, 0.1) is 20.7 Å². The molecule has 7 nitrogen and oxygen atoms in total. The molecule has 0 fully saturated rings. The Hall–Kier alpha value is -1.29. The van der Waals surface area contributed by atoms with E-state index in [1.807, 2.05) is 0 Å². The number of amides is 2. The number of carbonyl (C=O) groups excluding carboxylic acids is 2. The predicted molar refractivity (Wildman–Crippen MR) is 98.3 cm³/mol. The number of nitrogens with one attached hydrogen (secondary N) is 1. The summed E-state index contributed by atoms with van der Waals surface area (Å²) in [5.74, 6) is -1.24. The van der Waals surface area contributed by atoms with Crippen LogP contribution in [0, 0.1) is 0 Å². The van der Waals surface area contributed by atoms with Gasteiger partial charge in [-0.2, -0.15) is 0 Å². The number of benzene rings is 1. The zero-order chi connectivity index (χ0) is 19.0. The highest BCUT2D eigenvalue weighted by molar-refractivity contribution is 8.15. The van der Waals surface area contributed by atoms with Crippen LogP contribution in [-0.4, -0.2) is 41.0 Å². The van der Waals surface area contributed by atoms with Crippen LogP contribution >= 0.6 is 35.0 Å². The Balaban J connectivity index is 2.34. The Morgan fingerprint density at radius 2 is 1.92 bits per heavy atom. The topological polar surface area (TPSA) is 95.9 Å². The number of amidine groups is 1. The number of halogens is 2. The molecule has 2 rings (SSSR count). The number of hydrogen-bond acceptors (Lipinski definition) is 6. The van der Waals surface area contributed by atoms with Gasteiger partial charge < -0.3 is 5.32 Å². The van der Waals surface area contributed by atoms with Gasteiger partial charge in [0, 0.05) is 13.8 Å². The van der Waals surface area contributed by atoms with Crippen LogP contribution in [0.2, 0.25) is 10.0 Å². The summed E-state index contributed by atoms with van der Waals surface area (Å²) >= 11 is 12.7. The van der Waals surface area contributed by atoms with Gasteiger partial charge in [-0.1, -0.05) is 35.0 Å². The Morgan fingerprint density at radius 3 is 2.44 bits per heavy atom. The molecule has 0 bridgehead atoms. The van der Waals surface area contributed by atoms with Crippen LogP contribution in [0.25, 0.3) is 0 Å². The van der Waals surface area contributed by atoms with Gasteiger partial charge in [-0.15, -0.1) is 5.10 Å². The third-order valence-corrected chi connectivity index (χ3v) is 7.21. The normalized spacial score (nSPS) is 20.4. The minimum absolute atomic E-state index is 0.0137. The molecule has 0 saturated carbocycles. The summed E-state index contributed by atoms with van der Waals surface area (Å²) in [7, 11) is -3.80. The first-order chi connectivity index (χ1) is 11.4. The largest absolute Gasteiger partial charge is 0.304 e. The van der Waals surface area contributed by atoms with Gasteiger partial charge in [0.25, 0.3) is 0 Å². The Bertz CT molecular complexity index is 873. The smallest absolute Gasteiger partial charge is 0.240 e. The molecule has 1 N–H and O–H groups in total. The van der Waals surface area contributed by atoms with Crippen molar-refractivity contribution in [3.63, 3.8) is 0 Å². The molecule has 1 aromatic carbocycles. The summed E-state index contributed by atoms with van der Waals surface area (Å²) in [6, 6.07) is 4.00. The zero-order valence-electron chi connectivity index (χ0n) is 13.5. The van der Waals surface area contributed by atoms with Crippen LogP contribution < -0.4 is 5.32 Å². The lowest BCUT2D eigenvalue weighted by Gasteiger charge is -2.30. The second-order valence-electron chi connectivity index (χ2n) is 5.53. The fraction of sp³-hybridized carbons (Fsp3) is 0.357. The van der Waals surface area contributed by atoms with Crippen LogP contribution in [0.5, 0.6) is 0 Å². The molecule has 11 heteroatoms. The van der Waals surface area contributed by atoms with Gasteiger partial charge in [0.15, 0.2) is 15.0 Å². The molecule has 0 aromatic heterocycles. The fourth-order valence-corrected chi connectivity index (χ4v) is 5.89. The molecule has 1 aliphatic rings. The molecule has 1 aromatic rings. The summed E-state index contributed by atoms with van der Waals surface area (Å²) < 4.78 is 25.5. The highest BCUT2D eigenvalue weighted by Gasteiger charge is 2.46. The van der Waals surface area contributed by atoms with E-state index in [0.717, 1.165) is 16.8 Å². The monoisotopic (exact) mass is 423 g/mol. The lowest BCUT2D eigenvalue weighted by atomic mass is 10.3. The maximum atomic E-state index is 12.8. The van der Waals surface area contributed by atoms with E-state index >= 15 is 0 Å². The van der Waals surface area contributed by atoms with Gasteiger partial charge >= 0.3 is 0 Å². The summed E-state index contributed by atoms with van der Waals surface area (Å²) in [5, 5.41) is 8.05. The molecule has 0 spiro atoms. The zero-order valence-corrected chi connectivity index (χ0v) is 16.7. The molecule has 0 unspecified atom stereocenters. The summed E-state index contributed by atoms with van der Waals surface area (Å²) in [5.41, 5.74) is 0. The molecule has 1 aliphatic heterocycles. The standard InChI is InChI=1S/C14H15Cl2N3O4S2/c1-8(20)17-13-18-19(9(2)21)14(3,24-13)7-25(22,23)10-4-5-11(15)12(16)6-10/h4-6H,7H2,1-3H3,(H,17,18,20)/t14-/m0/s1. The first-order valence-electron chi connectivity index (χ1n) is 6.98. The first kappa shape index (κ1) is 20.0. The summed E-state index contributed by atoms with van der Waals surface area (Å²) in [6.07, 6.45) is 0. The fourth-order valence-electron chi connectivity index (χ4n) is 2.27. The number of sulfone groups is 1. The molecule has 25 heavy (non-hydrogen) atoms. The van der Waals surface area contributed by atoms with Crippen molar-refractivity contribution in [3.05, 3.63) is 28.2 Å². The highest BCUT2D eigenvalue weighted by atomic mass is 35.5. The number of rotatable bonds is 3. The van der Waals surface area contributed by atoms with Crippen LogP contribution in [0.1, 0.15) is 20.8 Å². The quantitative estimate of drug-likeness (QED) is 0.805. The van der Waals surface area contributed by atoms with Gasteiger partial charge in [0.2, 0.25) is 11.8 Å². The van der Waals surface area contributed by atoms with E-state index < -0.39 is 26.4 Å². The second kappa shape index (κ2) is 7.14. The van der Waals surface area contributed by atoms with Crippen LogP contribution in [-0.2, 0) is 19.4 Å². The van der Waals surface area contributed by atoms with Crippen molar-refractivity contribution in [2.24, 2.45) is 5.10 Å². The first-order valence-corrected chi connectivity index (χ1v) is 10.2. The molecule has 1 heterocycles. The maximum Gasteiger partial charge on any atom is 0.240 e. The third-order valence-electron chi connectivity index (χ3n) is 3.24. The predicted octanol–water partition coefficient (Wildman–Crippen LogP) is 2.49. The Labute approximate surface area is 159 Å². The van der Waals surface area contributed by atoms with Crippen molar-refractivity contribution < 1.29 is 18.0 Å². The van der Waals surface area contributed by atoms with Crippen LogP contribution in [0.15, 0.2) is 28.2 Å². The van der Waals surface area contributed by atoms with Crippen molar-refractivity contribution in [2.75, 3.05) is 5.75 Å². The highest BCUT2D eigenvalue weighted by Crippen LogP contribution is 2.39. The number of thioether (sulfide) groups is 1.